The summed E-state index contributed by atoms with van der Waals surface area (Å²) in [4.78, 5) is 12.3. The van der Waals surface area contributed by atoms with Crippen molar-refractivity contribution in [3.63, 3.8) is 0 Å². The Morgan fingerprint density at radius 3 is 2.77 bits per heavy atom. The van der Waals surface area contributed by atoms with Crippen molar-refractivity contribution in [3.05, 3.63) is 35.7 Å². The Morgan fingerprint density at radius 1 is 1.23 bits per heavy atom. The zero-order valence-corrected chi connectivity index (χ0v) is 12.5. The summed E-state index contributed by atoms with van der Waals surface area (Å²) < 4.78 is 10.8. The molecule has 0 atom stereocenters. The average molecular weight is 301 g/mol. The SMILES string of the molecule is COc1ccccc1C(=O)Nc1nnc(C2CCCCC2)o1. The third kappa shape index (κ3) is 3.10. The molecule has 1 aromatic heterocycles. The Bertz CT molecular complexity index is 648. The first-order valence-corrected chi connectivity index (χ1v) is 7.55. The minimum Gasteiger partial charge on any atom is -0.496 e. The van der Waals surface area contributed by atoms with Gasteiger partial charge >= 0.3 is 6.01 Å². The molecular weight excluding hydrogens is 282 g/mol. The molecule has 1 aromatic carbocycles. The molecule has 6 heteroatoms. The van der Waals surface area contributed by atoms with Crippen LogP contribution in [0.5, 0.6) is 5.75 Å². The molecule has 3 rings (SSSR count). The number of benzene rings is 1. The number of rotatable bonds is 4. The largest absolute Gasteiger partial charge is 0.496 e. The lowest BCUT2D eigenvalue weighted by Gasteiger charge is -2.17. The molecule has 1 aliphatic carbocycles. The van der Waals surface area contributed by atoms with Crippen molar-refractivity contribution in [2.45, 2.75) is 38.0 Å². The van der Waals surface area contributed by atoms with Crippen LogP contribution in [0, 0.1) is 0 Å². The first kappa shape index (κ1) is 14.6. The number of nitrogens with zero attached hydrogens (tertiary/aromatic N) is 2. The second-order valence-corrected chi connectivity index (χ2v) is 5.43. The smallest absolute Gasteiger partial charge is 0.322 e. The first-order chi connectivity index (χ1) is 10.8. The number of carbonyl (C=O) groups excluding carboxylic acids is 1. The van der Waals surface area contributed by atoms with Gasteiger partial charge in [0.2, 0.25) is 5.89 Å². The first-order valence-electron chi connectivity index (χ1n) is 7.55. The number of carbonyl (C=O) groups is 1. The third-order valence-corrected chi connectivity index (χ3v) is 3.97. The van der Waals surface area contributed by atoms with E-state index in [9.17, 15) is 4.79 Å². The van der Waals surface area contributed by atoms with Gasteiger partial charge in [0, 0.05) is 5.92 Å². The van der Waals surface area contributed by atoms with Gasteiger partial charge in [-0.1, -0.05) is 36.5 Å². The van der Waals surface area contributed by atoms with Crippen LogP contribution in [-0.4, -0.2) is 23.2 Å². The highest BCUT2D eigenvalue weighted by Gasteiger charge is 2.22. The van der Waals surface area contributed by atoms with Crippen LogP contribution in [-0.2, 0) is 0 Å². The van der Waals surface area contributed by atoms with E-state index in [4.69, 9.17) is 9.15 Å². The highest BCUT2D eigenvalue weighted by Crippen LogP contribution is 2.32. The fourth-order valence-electron chi connectivity index (χ4n) is 2.80. The third-order valence-electron chi connectivity index (χ3n) is 3.97. The summed E-state index contributed by atoms with van der Waals surface area (Å²) in [5.41, 5.74) is 0.433. The molecule has 0 bridgehead atoms. The molecule has 1 aliphatic rings. The van der Waals surface area contributed by atoms with Crippen molar-refractivity contribution in [2.24, 2.45) is 0 Å². The summed E-state index contributed by atoms with van der Waals surface area (Å²) in [6.45, 7) is 0. The minimum atomic E-state index is -0.323. The number of anilines is 1. The van der Waals surface area contributed by atoms with Gasteiger partial charge in [0.1, 0.15) is 5.75 Å². The maximum Gasteiger partial charge on any atom is 0.322 e. The van der Waals surface area contributed by atoms with Gasteiger partial charge in [-0.2, -0.15) is 0 Å². The number of amides is 1. The molecule has 0 radical (unpaired) electrons. The summed E-state index contributed by atoms with van der Waals surface area (Å²) in [6, 6.07) is 7.14. The second-order valence-electron chi connectivity index (χ2n) is 5.43. The lowest BCUT2D eigenvalue weighted by atomic mass is 9.89. The molecule has 1 saturated carbocycles. The Labute approximate surface area is 128 Å². The predicted molar refractivity (Wildman–Crippen MR) is 81.1 cm³/mol. The van der Waals surface area contributed by atoms with E-state index in [-0.39, 0.29) is 11.9 Å². The molecule has 0 aliphatic heterocycles. The molecule has 116 valence electrons. The van der Waals surface area contributed by atoms with Crippen molar-refractivity contribution >= 4 is 11.9 Å². The average Bonchev–Trinajstić information content (AvgIpc) is 3.04. The summed E-state index contributed by atoms with van der Waals surface area (Å²) >= 11 is 0. The van der Waals surface area contributed by atoms with Crippen LogP contribution < -0.4 is 10.1 Å². The molecular formula is C16H19N3O3. The Kier molecular flexibility index (Phi) is 4.37. The van der Waals surface area contributed by atoms with Crippen LogP contribution >= 0.6 is 0 Å². The van der Waals surface area contributed by atoms with Crippen LogP contribution in [0.1, 0.15) is 54.3 Å². The van der Waals surface area contributed by atoms with E-state index in [2.05, 4.69) is 15.5 Å². The van der Waals surface area contributed by atoms with E-state index in [1.54, 1.807) is 18.2 Å². The number of ether oxygens (including phenoxy) is 1. The van der Waals surface area contributed by atoms with E-state index in [0.29, 0.717) is 23.1 Å². The lowest BCUT2D eigenvalue weighted by molar-refractivity contribution is 0.102. The van der Waals surface area contributed by atoms with Crippen molar-refractivity contribution in [1.82, 2.24) is 10.2 Å². The number of hydrogen-bond acceptors (Lipinski definition) is 5. The second kappa shape index (κ2) is 6.60. The molecule has 1 N–H and O–H groups in total. The van der Waals surface area contributed by atoms with E-state index >= 15 is 0 Å². The van der Waals surface area contributed by atoms with Crippen molar-refractivity contribution in [3.8, 4) is 5.75 Å². The van der Waals surface area contributed by atoms with Crippen molar-refractivity contribution in [2.75, 3.05) is 12.4 Å². The van der Waals surface area contributed by atoms with Gasteiger partial charge in [0.25, 0.3) is 5.91 Å². The molecule has 0 spiro atoms. The summed E-state index contributed by atoms with van der Waals surface area (Å²) in [5, 5.41) is 10.6. The number of methoxy groups -OCH3 is 1. The maximum atomic E-state index is 12.3. The van der Waals surface area contributed by atoms with Gasteiger partial charge in [-0.15, -0.1) is 5.10 Å². The quantitative estimate of drug-likeness (QED) is 0.936. The summed E-state index contributed by atoms with van der Waals surface area (Å²) in [6.07, 6.45) is 5.79. The van der Waals surface area contributed by atoms with Gasteiger partial charge in [-0.3, -0.25) is 10.1 Å². The van der Waals surface area contributed by atoms with Gasteiger partial charge in [-0.05, 0) is 25.0 Å². The molecule has 1 amide bonds. The topological polar surface area (TPSA) is 77.2 Å². The molecule has 2 aromatic rings. The maximum absolute atomic E-state index is 12.3. The predicted octanol–water partition coefficient (Wildman–Crippen LogP) is 3.38. The Morgan fingerprint density at radius 2 is 2.00 bits per heavy atom. The normalized spacial score (nSPS) is 15.5. The molecule has 0 unspecified atom stereocenters. The highest BCUT2D eigenvalue weighted by atomic mass is 16.5. The number of para-hydroxylation sites is 1. The van der Waals surface area contributed by atoms with Crippen molar-refractivity contribution in [1.29, 1.82) is 0 Å². The lowest BCUT2D eigenvalue weighted by Crippen LogP contribution is -2.13. The zero-order valence-electron chi connectivity index (χ0n) is 12.5. The van der Waals surface area contributed by atoms with Gasteiger partial charge in [-0.25, -0.2) is 0 Å². The molecule has 1 fully saturated rings. The van der Waals surface area contributed by atoms with E-state index in [1.807, 2.05) is 6.07 Å². The molecule has 0 saturated heterocycles. The van der Waals surface area contributed by atoms with Crippen LogP contribution in [0.4, 0.5) is 6.01 Å². The van der Waals surface area contributed by atoms with E-state index in [1.165, 1.54) is 26.4 Å². The van der Waals surface area contributed by atoms with Gasteiger partial charge in [0.05, 0.1) is 12.7 Å². The van der Waals surface area contributed by atoms with Crippen LogP contribution in [0.15, 0.2) is 28.7 Å². The number of hydrogen-bond donors (Lipinski definition) is 1. The Balaban J connectivity index is 1.70. The molecule has 1 heterocycles. The summed E-state index contributed by atoms with van der Waals surface area (Å²) in [5.74, 6) is 1.12. The molecule has 22 heavy (non-hydrogen) atoms. The number of nitrogens with one attached hydrogen (secondary N) is 1. The molecule has 6 nitrogen and oxygen atoms in total. The fourth-order valence-corrected chi connectivity index (χ4v) is 2.80. The van der Waals surface area contributed by atoms with Crippen molar-refractivity contribution < 1.29 is 13.9 Å². The zero-order chi connectivity index (χ0) is 15.4. The highest BCUT2D eigenvalue weighted by molar-refractivity contribution is 6.05. The monoisotopic (exact) mass is 301 g/mol. The fraction of sp³-hybridized carbons (Fsp3) is 0.438. The number of aromatic nitrogens is 2. The van der Waals surface area contributed by atoms with E-state index in [0.717, 1.165) is 12.8 Å². The Hall–Kier alpha value is -2.37. The van der Waals surface area contributed by atoms with Crippen LogP contribution in [0.2, 0.25) is 0 Å². The minimum absolute atomic E-state index is 0.136. The summed E-state index contributed by atoms with van der Waals surface area (Å²) in [7, 11) is 1.53. The van der Waals surface area contributed by atoms with Gasteiger partial charge in [0.15, 0.2) is 0 Å². The van der Waals surface area contributed by atoms with E-state index < -0.39 is 0 Å². The van der Waals surface area contributed by atoms with Crippen LogP contribution in [0.25, 0.3) is 0 Å². The van der Waals surface area contributed by atoms with Crippen LogP contribution in [0.3, 0.4) is 0 Å². The van der Waals surface area contributed by atoms with Gasteiger partial charge < -0.3 is 9.15 Å². The standard InChI is InChI=1S/C16H19N3O3/c1-21-13-10-6-5-9-12(13)14(20)17-16-19-18-15(22-16)11-7-3-2-4-8-11/h5-6,9-11H,2-4,7-8H2,1H3,(H,17,19,20).